The molecule has 0 aliphatic rings. The second-order valence-electron chi connectivity index (χ2n) is 4.27. The van der Waals surface area contributed by atoms with Crippen molar-refractivity contribution >= 4 is 17.0 Å². The lowest BCUT2D eigenvalue weighted by Crippen LogP contribution is -2.04. The molecule has 0 amide bonds. The number of aromatic carboxylic acids is 1. The predicted octanol–water partition coefficient (Wildman–Crippen LogP) is 2.43. The summed E-state index contributed by atoms with van der Waals surface area (Å²) in [5, 5.41) is 17.4. The number of hydrogen-bond donors (Lipinski definition) is 1. The number of aromatic nitrogens is 3. The summed E-state index contributed by atoms with van der Waals surface area (Å²) in [6.07, 6.45) is 0. The van der Waals surface area contributed by atoms with E-state index in [1.165, 1.54) is 0 Å². The maximum atomic E-state index is 11.3. The van der Waals surface area contributed by atoms with Crippen LogP contribution in [0.15, 0.2) is 42.5 Å². The van der Waals surface area contributed by atoms with Gasteiger partial charge in [0.1, 0.15) is 11.0 Å². The fraction of sp³-hybridized carbons (Fsp3) is 0.0714. The van der Waals surface area contributed by atoms with Crippen LogP contribution in [0, 0.1) is 6.92 Å². The Bertz CT molecular complexity index is 777. The first-order chi connectivity index (χ1) is 9.18. The summed E-state index contributed by atoms with van der Waals surface area (Å²) >= 11 is 0. The largest absolute Gasteiger partial charge is 0.478 e. The topological polar surface area (TPSA) is 68.0 Å². The molecule has 0 fully saturated rings. The Hall–Kier alpha value is -2.69. The number of nitrogens with zero attached hydrogens (tertiary/aromatic N) is 3. The smallest absolute Gasteiger partial charge is 0.337 e. The average Bonchev–Trinajstić information content (AvgIpc) is 2.82. The average molecular weight is 253 g/mol. The molecule has 0 radical (unpaired) electrons. The lowest BCUT2D eigenvalue weighted by molar-refractivity contribution is 0.0698. The Morgan fingerprint density at radius 3 is 2.68 bits per heavy atom. The van der Waals surface area contributed by atoms with Crippen molar-refractivity contribution in [2.45, 2.75) is 6.92 Å². The van der Waals surface area contributed by atoms with Gasteiger partial charge < -0.3 is 5.11 Å². The Morgan fingerprint density at radius 2 is 1.95 bits per heavy atom. The van der Waals surface area contributed by atoms with Gasteiger partial charge in [0.05, 0.1) is 11.3 Å². The quantitative estimate of drug-likeness (QED) is 0.761. The normalized spacial score (nSPS) is 10.8. The molecule has 94 valence electrons. The van der Waals surface area contributed by atoms with Gasteiger partial charge in [-0.05, 0) is 30.7 Å². The van der Waals surface area contributed by atoms with E-state index in [0.717, 1.165) is 11.3 Å². The molecule has 0 saturated heterocycles. The molecule has 0 saturated carbocycles. The van der Waals surface area contributed by atoms with Gasteiger partial charge in [0, 0.05) is 0 Å². The Balaban J connectivity index is 2.37. The van der Waals surface area contributed by atoms with Crippen LogP contribution >= 0.6 is 0 Å². The summed E-state index contributed by atoms with van der Waals surface area (Å²) < 4.78 is 1.58. The highest BCUT2D eigenvalue weighted by atomic mass is 16.4. The second kappa shape index (κ2) is 4.20. The first-order valence-corrected chi connectivity index (χ1v) is 5.82. The number of carboxylic acids is 1. The molecule has 5 heteroatoms. The number of para-hydroxylation sites is 2. The molecular formula is C14H11N3O2. The van der Waals surface area contributed by atoms with Gasteiger partial charge in [0.25, 0.3) is 0 Å². The summed E-state index contributed by atoms with van der Waals surface area (Å²) in [7, 11) is 0. The molecule has 1 aromatic heterocycles. The molecule has 1 N–H and O–H groups in total. The minimum atomic E-state index is -0.984. The van der Waals surface area contributed by atoms with Crippen LogP contribution < -0.4 is 0 Å². The van der Waals surface area contributed by atoms with Crippen molar-refractivity contribution in [1.82, 2.24) is 15.0 Å². The first-order valence-electron chi connectivity index (χ1n) is 5.82. The van der Waals surface area contributed by atoms with Gasteiger partial charge in [0.2, 0.25) is 0 Å². The SMILES string of the molecule is Cc1ccccc1-n1nnc2cccc(C(=O)O)c21. The maximum Gasteiger partial charge on any atom is 0.337 e. The zero-order chi connectivity index (χ0) is 13.4. The minimum absolute atomic E-state index is 0.200. The van der Waals surface area contributed by atoms with Crippen LogP contribution in [-0.2, 0) is 0 Å². The second-order valence-corrected chi connectivity index (χ2v) is 4.27. The Kier molecular flexibility index (Phi) is 2.52. The van der Waals surface area contributed by atoms with Gasteiger partial charge in [-0.3, -0.25) is 0 Å². The Labute approximate surface area is 109 Å². The van der Waals surface area contributed by atoms with Crippen LogP contribution in [0.1, 0.15) is 15.9 Å². The van der Waals surface area contributed by atoms with E-state index in [1.54, 1.807) is 22.9 Å². The van der Waals surface area contributed by atoms with Crippen LogP contribution in [0.5, 0.6) is 0 Å². The van der Waals surface area contributed by atoms with Crippen molar-refractivity contribution in [1.29, 1.82) is 0 Å². The van der Waals surface area contributed by atoms with Gasteiger partial charge >= 0.3 is 5.97 Å². The molecule has 3 aromatic rings. The molecule has 0 spiro atoms. The van der Waals surface area contributed by atoms with Crippen molar-refractivity contribution in [3.63, 3.8) is 0 Å². The van der Waals surface area contributed by atoms with E-state index in [-0.39, 0.29) is 5.56 Å². The molecule has 5 nitrogen and oxygen atoms in total. The van der Waals surface area contributed by atoms with E-state index in [0.29, 0.717) is 11.0 Å². The summed E-state index contributed by atoms with van der Waals surface area (Å²) in [4.78, 5) is 11.3. The molecule has 0 atom stereocenters. The van der Waals surface area contributed by atoms with Crippen molar-refractivity contribution < 1.29 is 9.90 Å². The number of hydrogen-bond acceptors (Lipinski definition) is 3. The number of aryl methyl sites for hydroxylation is 1. The molecule has 0 aliphatic carbocycles. The van der Waals surface area contributed by atoms with Gasteiger partial charge in [0.15, 0.2) is 0 Å². The van der Waals surface area contributed by atoms with Crippen molar-refractivity contribution in [3.05, 3.63) is 53.6 Å². The fourth-order valence-electron chi connectivity index (χ4n) is 2.11. The van der Waals surface area contributed by atoms with Crippen molar-refractivity contribution in [2.75, 3.05) is 0 Å². The summed E-state index contributed by atoms with van der Waals surface area (Å²) in [5.74, 6) is -0.984. The lowest BCUT2D eigenvalue weighted by Gasteiger charge is -2.07. The highest BCUT2D eigenvalue weighted by Crippen LogP contribution is 2.22. The van der Waals surface area contributed by atoms with Crippen LogP contribution in [-0.4, -0.2) is 26.1 Å². The van der Waals surface area contributed by atoms with Crippen LogP contribution in [0.25, 0.3) is 16.7 Å². The first kappa shape index (κ1) is 11.4. The molecule has 0 bridgehead atoms. The molecule has 19 heavy (non-hydrogen) atoms. The number of fused-ring (bicyclic) bond motifs is 1. The van der Waals surface area contributed by atoms with Crippen LogP contribution in [0.3, 0.4) is 0 Å². The van der Waals surface area contributed by atoms with E-state index in [9.17, 15) is 9.90 Å². The van der Waals surface area contributed by atoms with Gasteiger partial charge in [-0.25, -0.2) is 9.48 Å². The van der Waals surface area contributed by atoms with Gasteiger partial charge in [-0.1, -0.05) is 29.5 Å². The third kappa shape index (κ3) is 1.76. The van der Waals surface area contributed by atoms with E-state index < -0.39 is 5.97 Å². The molecule has 0 unspecified atom stereocenters. The summed E-state index contributed by atoms with van der Waals surface area (Å²) in [6.45, 7) is 1.95. The lowest BCUT2D eigenvalue weighted by atomic mass is 10.1. The summed E-state index contributed by atoms with van der Waals surface area (Å²) in [5.41, 5.74) is 3.13. The molecule has 0 aliphatic heterocycles. The van der Waals surface area contributed by atoms with Gasteiger partial charge in [-0.15, -0.1) is 5.10 Å². The van der Waals surface area contributed by atoms with Crippen molar-refractivity contribution in [2.24, 2.45) is 0 Å². The minimum Gasteiger partial charge on any atom is -0.478 e. The molecule has 3 rings (SSSR count). The zero-order valence-electron chi connectivity index (χ0n) is 10.2. The van der Waals surface area contributed by atoms with E-state index in [1.807, 2.05) is 31.2 Å². The zero-order valence-corrected chi connectivity index (χ0v) is 10.2. The molecule has 1 heterocycles. The summed E-state index contributed by atoms with van der Waals surface area (Å²) in [6, 6.07) is 12.6. The highest BCUT2D eigenvalue weighted by molar-refractivity contribution is 6.01. The third-order valence-electron chi connectivity index (χ3n) is 3.04. The van der Waals surface area contributed by atoms with Crippen molar-refractivity contribution in [3.8, 4) is 5.69 Å². The molecular weight excluding hydrogens is 242 g/mol. The highest BCUT2D eigenvalue weighted by Gasteiger charge is 2.16. The Morgan fingerprint density at radius 1 is 1.16 bits per heavy atom. The monoisotopic (exact) mass is 253 g/mol. The van der Waals surface area contributed by atoms with E-state index in [2.05, 4.69) is 10.3 Å². The fourth-order valence-corrected chi connectivity index (χ4v) is 2.11. The number of rotatable bonds is 2. The number of carboxylic acid groups (broad SMARTS) is 1. The van der Waals surface area contributed by atoms with Gasteiger partial charge in [-0.2, -0.15) is 0 Å². The third-order valence-corrected chi connectivity index (χ3v) is 3.04. The van der Waals surface area contributed by atoms with Crippen LogP contribution in [0.2, 0.25) is 0 Å². The maximum absolute atomic E-state index is 11.3. The molecule has 2 aromatic carbocycles. The van der Waals surface area contributed by atoms with Crippen LogP contribution in [0.4, 0.5) is 0 Å². The number of carbonyl (C=O) groups is 1. The standard InChI is InChI=1S/C14H11N3O2/c1-9-5-2-3-8-12(9)17-13-10(14(18)19)6-4-7-11(13)15-16-17/h2-8H,1H3,(H,18,19). The predicted molar refractivity (Wildman–Crippen MR) is 70.6 cm³/mol. The van der Waals surface area contributed by atoms with E-state index >= 15 is 0 Å². The number of benzene rings is 2. The van der Waals surface area contributed by atoms with E-state index in [4.69, 9.17) is 0 Å².